The first-order valence-electron chi connectivity index (χ1n) is 11.4. The number of hydrogen-bond acceptors (Lipinski definition) is 6. The summed E-state index contributed by atoms with van der Waals surface area (Å²) in [6.07, 6.45) is 0. The third-order valence-electron chi connectivity index (χ3n) is 6.64. The zero-order valence-corrected chi connectivity index (χ0v) is 19.8. The fourth-order valence-corrected chi connectivity index (χ4v) is 5.84. The van der Waals surface area contributed by atoms with Crippen LogP contribution in [0.3, 0.4) is 0 Å². The number of anilines is 1. The van der Waals surface area contributed by atoms with Crippen LogP contribution in [-0.4, -0.2) is 42.0 Å². The van der Waals surface area contributed by atoms with Crippen molar-refractivity contribution in [3.63, 3.8) is 0 Å². The van der Waals surface area contributed by atoms with Crippen LogP contribution in [0, 0.1) is 13.8 Å². The summed E-state index contributed by atoms with van der Waals surface area (Å²) in [4.78, 5) is 34.8. The molecule has 5 aromatic rings. The minimum absolute atomic E-state index is 0.0866. The third-order valence-corrected chi connectivity index (χ3v) is 7.89. The predicted octanol–water partition coefficient (Wildman–Crippen LogP) is 5.14. The van der Waals surface area contributed by atoms with Crippen molar-refractivity contribution in [1.82, 2.24) is 9.88 Å². The van der Waals surface area contributed by atoms with Gasteiger partial charge >= 0.3 is 5.63 Å². The maximum atomic E-state index is 13.3. The van der Waals surface area contributed by atoms with E-state index in [4.69, 9.17) is 9.40 Å². The minimum Gasteiger partial charge on any atom is -0.422 e. The van der Waals surface area contributed by atoms with E-state index in [-0.39, 0.29) is 11.5 Å². The summed E-state index contributed by atoms with van der Waals surface area (Å²) in [7, 11) is 0. The average Bonchev–Trinajstić information content (AvgIpc) is 3.32. The van der Waals surface area contributed by atoms with E-state index in [1.165, 1.54) is 15.8 Å². The van der Waals surface area contributed by atoms with Gasteiger partial charge in [-0.15, -0.1) is 0 Å². The van der Waals surface area contributed by atoms with Gasteiger partial charge in [0.1, 0.15) is 11.1 Å². The van der Waals surface area contributed by atoms with Gasteiger partial charge in [-0.25, -0.2) is 9.78 Å². The largest absolute Gasteiger partial charge is 0.422 e. The van der Waals surface area contributed by atoms with Crippen LogP contribution in [0.25, 0.3) is 32.0 Å². The summed E-state index contributed by atoms with van der Waals surface area (Å²) in [5.41, 5.74) is 3.45. The summed E-state index contributed by atoms with van der Waals surface area (Å²) in [5, 5.41) is 3.76. The van der Waals surface area contributed by atoms with E-state index in [0.717, 1.165) is 26.8 Å². The lowest BCUT2D eigenvalue weighted by atomic mass is 10.0. The molecular formula is C27H23N3O3S. The molecule has 0 atom stereocenters. The smallest absolute Gasteiger partial charge is 0.349 e. The molecule has 6 rings (SSSR count). The van der Waals surface area contributed by atoms with Crippen LogP contribution in [0.2, 0.25) is 0 Å². The quantitative estimate of drug-likeness (QED) is 0.265. The number of aryl methyl sites for hydroxylation is 2. The number of fused-ring (bicyclic) bond motifs is 4. The first-order valence-corrected chi connectivity index (χ1v) is 12.2. The Kier molecular flexibility index (Phi) is 4.88. The Hall–Kier alpha value is -3.71. The fraction of sp³-hybridized carbons (Fsp3) is 0.222. The molecule has 0 spiro atoms. The van der Waals surface area contributed by atoms with Crippen LogP contribution in [-0.2, 0) is 0 Å². The number of nitrogens with zero attached hydrogens (tertiary/aromatic N) is 3. The molecule has 0 N–H and O–H groups in total. The van der Waals surface area contributed by atoms with Crippen LogP contribution < -0.4 is 10.5 Å². The Balaban J connectivity index is 1.27. The molecule has 3 aromatic carbocycles. The van der Waals surface area contributed by atoms with E-state index < -0.39 is 5.63 Å². The van der Waals surface area contributed by atoms with Crippen LogP contribution >= 0.6 is 11.3 Å². The molecule has 3 heterocycles. The van der Waals surface area contributed by atoms with E-state index >= 15 is 0 Å². The number of rotatable bonds is 2. The second-order valence-electron chi connectivity index (χ2n) is 8.80. The predicted molar refractivity (Wildman–Crippen MR) is 137 cm³/mol. The van der Waals surface area contributed by atoms with Crippen molar-refractivity contribution in [2.75, 3.05) is 31.1 Å². The SMILES string of the molecule is Cc1ccc(C)c2sc(N3CCN(C(=O)c4cc5c(ccc6ccccc65)oc4=O)CC3)nc12. The van der Waals surface area contributed by atoms with Gasteiger partial charge in [-0.1, -0.05) is 53.8 Å². The van der Waals surface area contributed by atoms with Crippen molar-refractivity contribution < 1.29 is 9.21 Å². The Morgan fingerprint density at radius 2 is 1.71 bits per heavy atom. The van der Waals surface area contributed by atoms with E-state index in [1.54, 1.807) is 28.4 Å². The highest BCUT2D eigenvalue weighted by Crippen LogP contribution is 2.33. The molecule has 1 fully saturated rings. The molecule has 0 aliphatic carbocycles. The van der Waals surface area contributed by atoms with Crippen molar-refractivity contribution in [2.24, 2.45) is 0 Å². The molecule has 0 unspecified atom stereocenters. The van der Waals surface area contributed by atoms with E-state index in [9.17, 15) is 9.59 Å². The number of carbonyl (C=O) groups is 1. The van der Waals surface area contributed by atoms with Crippen LogP contribution in [0.1, 0.15) is 21.5 Å². The number of benzene rings is 3. The number of aromatic nitrogens is 1. The summed E-state index contributed by atoms with van der Waals surface area (Å²) in [6, 6.07) is 17.5. The van der Waals surface area contributed by atoms with Gasteiger partial charge in [-0.2, -0.15) is 0 Å². The highest BCUT2D eigenvalue weighted by molar-refractivity contribution is 7.22. The van der Waals surface area contributed by atoms with Crippen LogP contribution in [0.5, 0.6) is 0 Å². The zero-order chi connectivity index (χ0) is 23.4. The number of piperazine rings is 1. The van der Waals surface area contributed by atoms with Crippen molar-refractivity contribution in [3.05, 3.63) is 81.7 Å². The van der Waals surface area contributed by atoms with Gasteiger partial charge in [0.05, 0.1) is 10.2 Å². The second-order valence-corrected chi connectivity index (χ2v) is 9.78. The van der Waals surface area contributed by atoms with Gasteiger partial charge in [-0.3, -0.25) is 4.79 Å². The molecular weight excluding hydrogens is 446 g/mol. The summed E-state index contributed by atoms with van der Waals surface area (Å²) < 4.78 is 6.75. The molecule has 1 saturated heterocycles. The first-order chi connectivity index (χ1) is 16.5. The van der Waals surface area contributed by atoms with E-state index in [1.807, 2.05) is 30.3 Å². The molecule has 1 aliphatic rings. The lowest BCUT2D eigenvalue weighted by Crippen LogP contribution is -2.49. The van der Waals surface area contributed by atoms with Gasteiger partial charge in [-0.05, 0) is 47.9 Å². The fourth-order valence-electron chi connectivity index (χ4n) is 4.68. The summed E-state index contributed by atoms with van der Waals surface area (Å²) in [5.74, 6) is -0.278. The van der Waals surface area contributed by atoms with Crippen LogP contribution in [0.4, 0.5) is 5.13 Å². The average molecular weight is 470 g/mol. The Morgan fingerprint density at radius 3 is 2.50 bits per heavy atom. The number of thiazole rings is 1. The van der Waals surface area contributed by atoms with Gasteiger partial charge in [0, 0.05) is 31.6 Å². The molecule has 1 aliphatic heterocycles. The topological polar surface area (TPSA) is 66.7 Å². The van der Waals surface area contributed by atoms with E-state index in [2.05, 4.69) is 30.9 Å². The van der Waals surface area contributed by atoms with Gasteiger partial charge in [0.2, 0.25) is 0 Å². The standard InChI is InChI=1S/C27H23N3O3S/c1-16-7-8-17(2)24-23(16)28-27(34-24)30-13-11-29(12-14-30)25(31)21-15-20-19-6-4-3-5-18(19)9-10-22(20)33-26(21)32/h3-10,15H,11-14H2,1-2H3. The molecule has 0 bridgehead atoms. The maximum Gasteiger partial charge on any atom is 0.349 e. The van der Waals surface area contributed by atoms with Gasteiger partial charge in [0.25, 0.3) is 5.91 Å². The molecule has 0 saturated carbocycles. The van der Waals surface area contributed by atoms with Crippen molar-refractivity contribution >= 4 is 54.3 Å². The lowest BCUT2D eigenvalue weighted by molar-refractivity contribution is 0.0742. The normalized spacial score (nSPS) is 14.4. The highest BCUT2D eigenvalue weighted by Gasteiger charge is 2.26. The first kappa shape index (κ1) is 20.9. The zero-order valence-electron chi connectivity index (χ0n) is 19.0. The Morgan fingerprint density at radius 1 is 0.941 bits per heavy atom. The minimum atomic E-state index is -0.590. The van der Waals surface area contributed by atoms with Crippen molar-refractivity contribution in [1.29, 1.82) is 0 Å². The lowest BCUT2D eigenvalue weighted by Gasteiger charge is -2.34. The summed E-state index contributed by atoms with van der Waals surface area (Å²) in [6.45, 7) is 6.59. The number of hydrogen-bond donors (Lipinski definition) is 0. The molecule has 0 radical (unpaired) electrons. The van der Waals surface area contributed by atoms with E-state index in [0.29, 0.717) is 31.8 Å². The molecule has 2 aromatic heterocycles. The third kappa shape index (κ3) is 3.35. The van der Waals surface area contributed by atoms with Gasteiger partial charge in [0.15, 0.2) is 5.13 Å². The molecule has 1 amide bonds. The number of amides is 1. The van der Waals surface area contributed by atoms with Crippen molar-refractivity contribution in [3.8, 4) is 0 Å². The van der Waals surface area contributed by atoms with Crippen LogP contribution in [0.15, 0.2) is 63.8 Å². The summed E-state index contributed by atoms with van der Waals surface area (Å²) >= 11 is 1.70. The molecule has 6 nitrogen and oxygen atoms in total. The maximum absolute atomic E-state index is 13.3. The Bertz CT molecular complexity index is 1610. The number of carbonyl (C=O) groups excluding carboxylic acids is 1. The molecule has 34 heavy (non-hydrogen) atoms. The van der Waals surface area contributed by atoms with Gasteiger partial charge < -0.3 is 14.2 Å². The molecule has 7 heteroatoms. The van der Waals surface area contributed by atoms with Crippen molar-refractivity contribution in [2.45, 2.75) is 13.8 Å². The molecule has 170 valence electrons. The Labute approximate surface area is 200 Å². The second kappa shape index (κ2) is 7.95. The highest BCUT2D eigenvalue weighted by atomic mass is 32.1. The monoisotopic (exact) mass is 469 g/mol.